The van der Waals surface area contributed by atoms with Crippen molar-refractivity contribution in [2.75, 3.05) is 25.5 Å². The van der Waals surface area contributed by atoms with Crippen molar-refractivity contribution in [3.8, 4) is 0 Å². The van der Waals surface area contributed by atoms with E-state index in [1.54, 1.807) is 6.26 Å². The second-order valence-electron chi connectivity index (χ2n) is 5.59. The molecule has 118 valence electrons. The summed E-state index contributed by atoms with van der Waals surface area (Å²) in [6.45, 7) is 0.715. The summed E-state index contributed by atoms with van der Waals surface area (Å²) < 4.78 is 5.21. The minimum absolute atomic E-state index is 0.0827. The van der Waals surface area contributed by atoms with E-state index in [-0.39, 0.29) is 5.91 Å². The highest BCUT2D eigenvalue weighted by Gasteiger charge is 2.03. The monoisotopic (exact) mass is 300 g/mol. The molecule has 2 aromatic rings. The van der Waals surface area contributed by atoms with Crippen molar-refractivity contribution in [3.63, 3.8) is 0 Å². The maximum Gasteiger partial charge on any atom is 0.220 e. The van der Waals surface area contributed by atoms with Crippen LogP contribution in [-0.2, 0) is 17.6 Å². The van der Waals surface area contributed by atoms with Crippen molar-refractivity contribution < 1.29 is 9.21 Å². The largest absolute Gasteiger partial charge is 0.469 e. The van der Waals surface area contributed by atoms with Gasteiger partial charge in [0.05, 0.1) is 6.26 Å². The maximum atomic E-state index is 11.7. The van der Waals surface area contributed by atoms with Gasteiger partial charge in [-0.25, -0.2) is 0 Å². The van der Waals surface area contributed by atoms with Crippen LogP contribution in [-0.4, -0.2) is 26.5 Å². The van der Waals surface area contributed by atoms with Crippen LogP contribution >= 0.6 is 0 Å². The second-order valence-corrected chi connectivity index (χ2v) is 5.59. The lowest BCUT2D eigenvalue weighted by molar-refractivity contribution is -0.121. The summed E-state index contributed by atoms with van der Waals surface area (Å²) in [7, 11) is 4.07. The Bertz CT molecular complexity index is 559. The van der Waals surface area contributed by atoms with Gasteiger partial charge < -0.3 is 14.6 Å². The van der Waals surface area contributed by atoms with Crippen LogP contribution in [0.2, 0.25) is 0 Å². The summed E-state index contributed by atoms with van der Waals surface area (Å²) in [4.78, 5) is 13.8. The Balaban J connectivity index is 1.61. The second kappa shape index (κ2) is 8.27. The van der Waals surface area contributed by atoms with Gasteiger partial charge in [0.2, 0.25) is 5.91 Å². The van der Waals surface area contributed by atoms with Gasteiger partial charge in [0.15, 0.2) is 0 Å². The molecule has 1 aromatic carbocycles. The Kier molecular flexibility index (Phi) is 6.07. The van der Waals surface area contributed by atoms with Gasteiger partial charge in [-0.2, -0.15) is 0 Å². The van der Waals surface area contributed by atoms with Gasteiger partial charge in [-0.1, -0.05) is 12.1 Å². The Hall–Kier alpha value is -2.23. The topological polar surface area (TPSA) is 45.5 Å². The van der Waals surface area contributed by atoms with E-state index in [2.05, 4.69) is 34.5 Å². The molecule has 1 N–H and O–H groups in total. The first-order valence-corrected chi connectivity index (χ1v) is 7.70. The molecule has 0 bridgehead atoms. The van der Waals surface area contributed by atoms with Gasteiger partial charge in [-0.05, 0) is 42.7 Å². The standard InChI is InChI=1S/C18H24N2O2/c1-20(2)16-9-7-15(8-10-16)5-3-13-19-18(21)12-11-17-6-4-14-22-17/h4,6-10,14H,3,5,11-13H2,1-2H3,(H,19,21). The average Bonchev–Trinajstić information content (AvgIpc) is 3.03. The van der Waals surface area contributed by atoms with Gasteiger partial charge in [-0.15, -0.1) is 0 Å². The first kappa shape index (κ1) is 16.1. The van der Waals surface area contributed by atoms with E-state index >= 15 is 0 Å². The zero-order chi connectivity index (χ0) is 15.8. The third kappa shape index (κ3) is 5.28. The number of benzene rings is 1. The molecule has 1 aromatic heterocycles. The number of furan rings is 1. The summed E-state index contributed by atoms with van der Waals surface area (Å²) in [5.74, 6) is 0.940. The predicted octanol–water partition coefficient (Wildman–Crippen LogP) is 3.03. The van der Waals surface area contributed by atoms with Gasteiger partial charge in [0, 0.05) is 39.2 Å². The molecular formula is C18H24N2O2. The Morgan fingerprint density at radius 3 is 2.55 bits per heavy atom. The Morgan fingerprint density at radius 1 is 1.14 bits per heavy atom. The Labute approximate surface area is 132 Å². The minimum atomic E-state index is 0.0827. The van der Waals surface area contributed by atoms with Crippen molar-refractivity contribution in [1.29, 1.82) is 0 Å². The van der Waals surface area contributed by atoms with Gasteiger partial charge in [0.25, 0.3) is 0 Å². The number of carbonyl (C=O) groups is 1. The molecule has 1 heterocycles. The molecule has 0 saturated heterocycles. The lowest BCUT2D eigenvalue weighted by atomic mass is 10.1. The summed E-state index contributed by atoms with van der Waals surface area (Å²) in [6, 6.07) is 12.3. The van der Waals surface area contributed by atoms with Crippen LogP contribution in [0.25, 0.3) is 0 Å². The zero-order valence-corrected chi connectivity index (χ0v) is 13.3. The van der Waals surface area contributed by atoms with Crippen LogP contribution in [0, 0.1) is 0 Å². The molecule has 0 atom stereocenters. The fourth-order valence-corrected chi connectivity index (χ4v) is 2.26. The van der Waals surface area contributed by atoms with E-state index < -0.39 is 0 Å². The highest BCUT2D eigenvalue weighted by Crippen LogP contribution is 2.13. The molecule has 0 aliphatic carbocycles. The summed E-state index contributed by atoms with van der Waals surface area (Å²) >= 11 is 0. The van der Waals surface area contributed by atoms with E-state index in [9.17, 15) is 4.79 Å². The number of carbonyl (C=O) groups excluding carboxylic acids is 1. The minimum Gasteiger partial charge on any atom is -0.469 e. The van der Waals surface area contributed by atoms with Crippen molar-refractivity contribution in [2.45, 2.75) is 25.7 Å². The molecule has 22 heavy (non-hydrogen) atoms. The zero-order valence-electron chi connectivity index (χ0n) is 13.3. The van der Waals surface area contributed by atoms with E-state index in [4.69, 9.17) is 4.42 Å². The number of nitrogens with one attached hydrogen (secondary N) is 1. The van der Waals surface area contributed by atoms with E-state index in [0.29, 0.717) is 19.4 Å². The summed E-state index contributed by atoms with van der Waals surface area (Å²) in [6.07, 6.45) is 4.70. The van der Waals surface area contributed by atoms with E-state index in [1.807, 2.05) is 26.2 Å². The van der Waals surface area contributed by atoms with E-state index in [1.165, 1.54) is 11.3 Å². The highest BCUT2D eigenvalue weighted by molar-refractivity contribution is 5.76. The van der Waals surface area contributed by atoms with E-state index in [0.717, 1.165) is 18.6 Å². The fraction of sp³-hybridized carbons (Fsp3) is 0.389. The molecular weight excluding hydrogens is 276 g/mol. The number of nitrogens with zero attached hydrogens (tertiary/aromatic N) is 1. The Morgan fingerprint density at radius 2 is 1.91 bits per heavy atom. The molecule has 0 saturated carbocycles. The number of hydrogen-bond acceptors (Lipinski definition) is 3. The van der Waals surface area contributed by atoms with Crippen LogP contribution < -0.4 is 10.2 Å². The molecule has 0 fully saturated rings. The number of hydrogen-bond donors (Lipinski definition) is 1. The molecule has 1 amide bonds. The van der Waals surface area contributed by atoms with Crippen molar-refractivity contribution in [3.05, 3.63) is 54.0 Å². The van der Waals surface area contributed by atoms with Crippen LogP contribution in [0.5, 0.6) is 0 Å². The highest BCUT2D eigenvalue weighted by atomic mass is 16.3. The number of rotatable bonds is 8. The van der Waals surface area contributed by atoms with Gasteiger partial charge in [0.1, 0.15) is 5.76 Å². The molecule has 4 nitrogen and oxygen atoms in total. The first-order chi connectivity index (χ1) is 10.6. The lowest BCUT2D eigenvalue weighted by Gasteiger charge is -2.12. The third-order valence-corrected chi connectivity index (χ3v) is 3.60. The smallest absolute Gasteiger partial charge is 0.220 e. The van der Waals surface area contributed by atoms with Gasteiger partial charge >= 0.3 is 0 Å². The quantitative estimate of drug-likeness (QED) is 0.762. The molecule has 4 heteroatoms. The maximum absolute atomic E-state index is 11.7. The van der Waals surface area contributed by atoms with Crippen LogP contribution in [0.1, 0.15) is 24.2 Å². The molecule has 2 rings (SSSR count). The normalized spacial score (nSPS) is 10.5. The first-order valence-electron chi connectivity index (χ1n) is 7.70. The van der Waals surface area contributed by atoms with Crippen molar-refractivity contribution in [2.24, 2.45) is 0 Å². The average molecular weight is 300 g/mol. The van der Waals surface area contributed by atoms with Crippen molar-refractivity contribution >= 4 is 11.6 Å². The summed E-state index contributed by atoms with van der Waals surface area (Å²) in [5.41, 5.74) is 2.51. The fourth-order valence-electron chi connectivity index (χ4n) is 2.26. The molecule has 0 aliphatic heterocycles. The van der Waals surface area contributed by atoms with Crippen LogP contribution in [0.15, 0.2) is 47.1 Å². The third-order valence-electron chi connectivity index (χ3n) is 3.60. The molecule has 0 aliphatic rings. The molecule has 0 radical (unpaired) electrons. The van der Waals surface area contributed by atoms with Crippen LogP contribution in [0.4, 0.5) is 5.69 Å². The number of anilines is 1. The number of aryl methyl sites for hydroxylation is 2. The van der Waals surface area contributed by atoms with Crippen LogP contribution in [0.3, 0.4) is 0 Å². The van der Waals surface area contributed by atoms with Gasteiger partial charge in [-0.3, -0.25) is 4.79 Å². The lowest BCUT2D eigenvalue weighted by Crippen LogP contribution is -2.24. The predicted molar refractivity (Wildman–Crippen MR) is 89.1 cm³/mol. The molecule has 0 spiro atoms. The summed E-state index contributed by atoms with van der Waals surface area (Å²) in [5, 5.41) is 2.96. The van der Waals surface area contributed by atoms with Crippen molar-refractivity contribution in [1.82, 2.24) is 5.32 Å². The number of amides is 1. The molecule has 0 unspecified atom stereocenters. The SMILES string of the molecule is CN(C)c1ccc(CCCNC(=O)CCc2ccco2)cc1.